The van der Waals surface area contributed by atoms with Crippen LogP contribution in [0.1, 0.15) is 11.1 Å². The van der Waals surface area contributed by atoms with Crippen LogP contribution in [-0.2, 0) is 6.61 Å². The van der Waals surface area contributed by atoms with Crippen molar-refractivity contribution >= 4 is 22.5 Å². The molecule has 4 aromatic rings. The van der Waals surface area contributed by atoms with Gasteiger partial charge in [0.05, 0.1) is 0 Å². The monoisotopic (exact) mass is 399 g/mol. The number of fused-ring (bicyclic) bond motifs is 1. The Morgan fingerprint density at radius 3 is 2.62 bits per heavy atom. The van der Waals surface area contributed by atoms with E-state index in [2.05, 4.69) is 34.2 Å². The number of ether oxygens (including phenoxy) is 1. The molecule has 0 amide bonds. The summed E-state index contributed by atoms with van der Waals surface area (Å²) in [6.07, 6.45) is 1.82. The summed E-state index contributed by atoms with van der Waals surface area (Å²) in [5.41, 5.74) is 1.50. The van der Waals surface area contributed by atoms with Crippen LogP contribution in [0.15, 0.2) is 76.7 Å². The van der Waals surface area contributed by atoms with Crippen molar-refractivity contribution in [3.8, 4) is 23.1 Å². The molecule has 0 radical (unpaired) electrons. The third kappa shape index (κ3) is 3.86. The standard InChI is InChI=1S/C23H17N3O2S/c1-29-23-25-21(19(13-24)22(27)26-23)18-8-4-5-9-20(18)28-14-15-10-11-16-6-2-3-7-17(16)12-15/h2-12H,14H2,1H3,(H,25,26,27). The van der Waals surface area contributed by atoms with Crippen molar-refractivity contribution in [2.24, 2.45) is 0 Å². The summed E-state index contributed by atoms with van der Waals surface area (Å²) in [7, 11) is 0. The summed E-state index contributed by atoms with van der Waals surface area (Å²) >= 11 is 1.31. The number of aromatic nitrogens is 2. The molecule has 1 N–H and O–H groups in total. The van der Waals surface area contributed by atoms with E-state index < -0.39 is 5.56 Å². The van der Waals surface area contributed by atoms with Crippen molar-refractivity contribution in [2.75, 3.05) is 6.26 Å². The first-order valence-corrected chi connectivity index (χ1v) is 10.2. The Balaban J connectivity index is 1.70. The van der Waals surface area contributed by atoms with Gasteiger partial charge in [-0.3, -0.25) is 4.79 Å². The Labute approximate surface area is 172 Å². The molecule has 142 valence electrons. The summed E-state index contributed by atoms with van der Waals surface area (Å²) in [5.74, 6) is 0.572. The molecule has 3 aromatic carbocycles. The average Bonchev–Trinajstić information content (AvgIpc) is 2.77. The lowest BCUT2D eigenvalue weighted by Gasteiger charge is -2.13. The van der Waals surface area contributed by atoms with Crippen molar-refractivity contribution in [1.29, 1.82) is 5.26 Å². The van der Waals surface area contributed by atoms with E-state index in [-0.39, 0.29) is 5.56 Å². The van der Waals surface area contributed by atoms with Gasteiger partial charge in [-0.2, -0.15) is 5.26 Å². The summed E-state index contributed by atoms with van der Waals surface area (Å²) in [6, 6.07) is 23.6. The van der Waals surface area contributed by atoms with Gasteiger partial charge in [-0.05, 0) is 40.8 Å². The number of nitriles is 1. The maximum Gasteiger partial charge on any atom is 0.270 e. The highest BCUT2D eigenvalue weighted by Crippen LogP contribution is 2.31. The van der Waals surface area contributed by atoms with Crippen molar-refractivity contribution in [1.82, 2.24) is 9.97 Å². The summed E-state index contributed by atoms with van der Waals surface area (Å²) in [4.78, 5) is 19.3. The van der Waals surface area contributed by atoms with Gasteiger partial charge in [0.25, 0.3) is 5.56 Å². The number of H-pyrrole nitrogens is 1. The highest BCUT2D eigenvalue weighted by Gasteiger charge is 2.17. The van der Waals surface area contributed by atoms with Gasteiger partial charge >= 0.3 is 0 Å². The summed E-state index contributed by atoms with van der Waals surface area (Å²) in [6.45, 7) is 0.363. The van der Waals surface area contributed by atoms with Gasteiger partial charge in [0.1, 0.15) is 29.7 Å². The first-order valence-electron chi connectivity index (χ1n) is 8.98. The maximum atomic E-state index is 12.3. The zero-order valence-electron chi connectivity index (χ0n) is 15.7. The molecule has 1 aromatic heterocycles. The van der Waals surface area contributed by atoms with Crippen LogP contribution < -0.4 is 10.3 Å². The Morgan fingerprint density at radius 1 is 1.07 bits per heavy atom. The highest BCUT2D eigenvalue weighted by atomic mass is 32.2. The minimum absolute atomic E-state index is 0.0236. The van der Waals surface area contributed by atoms with E-state index in [4.69, 9.17) is 4.74 Å². The fraction of sp³-hybridized carbons (Fsp3) is 0.0870. The normalized spacial score (nSPS) is 10.6. The minimum atomic E-state index is -0.453. The van der Waals surface area contributed by atoms with E-state index in [1.807, 2.05) is 54.8 Å². The Hall–Kier alpha value is -3.56. The molecule has 0 saturated heterocycles. The molecule has 5 nitrogen and oxygen atoms in total. The predicted octanol–water partition coefficient (Wildman–Crippen LogP) is 4.76. The van der Waals surface area contributed by atoms with Crippen molar-refractivity contribution in [3.05, 3.63) is 88.2 Å². The third-order valence-corrected chi connectivity index (χ3v) is 5.13. The van der Waals surface area contributed by atoms with Crippen LogP contribution in [0.3, 0.4) is 0 Å². The molecule has 0 aliphatic rings. The van der Waals surface area contributed by atoms with Gasteiger partial charge in [-0.1, -0.05) is 60.3 Å². The Morgan fingerprint density at radius 2 is 1.83 bits per heavy atom. The van der Waals surface area contributed by atoms with Crippen LogP contribution in [0.25, 0.3) is 22.0 Å². The molecule has 0 aliphatic heterocycles. The molecule has 1 heterocycles. The van der Waals surface area contributed by atoms with Gasteiger partial charge in [0, 0.05) is 5.56 Å². The summed E-state index contributed by atoms with van der Waals surface area (Å²) in [5, 5.41) is 12.2. The molecule has 0 spiro atoms. The molecule has 4 rings (SSSR count). The first kappa shape index (κ1) is 18.8. The highest BCUT2D eigenvalue weighted by molar-refractivity contribution is 7.98. The maximum absolute atomic E-state index is 12.3. The van der Waals surface area contributed by atoms with Crippen molar-refractivity contribution < 1.29 is 4.74 Å². The predicted molar refractivity (Wildman–Crippen MR) is 115 cm³/mol. The van der Waals surface area contributed by atoms with Crippen LogP contribution in [0, 0.1) is 11.3 Å². The number of para-hydroxylation sites is 1. The SMILES string of the molecule is CSc1nc(-c2ccccc2OCc2ccc3ccccc3c2)c(C#N)c(=O)[nH]1. The zero-order valence-corrected chi connectivity index (χ0v) is 16.5. The molecule has 0 unspecified atom stereocenters. The third-order valence-electron chi connectivity index (χ3n) is 4.55. The van der Waals surface area contributed by atoms with E-state index in [0.717, 1.165) is 10.9 Å². The summed E-state index contributed by atoms with van der Waals surface area (Å²) < 4.78 is 6.07. The van der Waals surface area contributed by atoms with E-state index >= 15 is 0 Å². The van der Waals surface area contributed by atoms with Crippen LogP contribution in [-0.4, -0.2) is 16.2 Å². The molecule has 29 heavy (non-hydrogen) atoms. The molecule has 6 heteroatoms. The molecule has 0 bridgehead atoms. The minimum Gasteiger partial charge on any atom is -0.488 e. The number of hydrogen-bond donors (Lipinski definition) is 1. The van der Waals surface area contributed by atoms with Gasteiger partial charge < -0.3 is 9.72 Å². The molecular weight excluding hydrogens is 382 g/mol. The Kier molecular flexibility index (Phi) is 5.32. The van der Waals surface area contributed by atoms with E-state index in [9.17, 15) is 10.1 Å². The quantitative estimate of drug-likeness (QED) is 0.387. The topological polar surface area (TPSA) is 78.8 Å². The number of hydrogen-bond acceptors (Lipinski definition) is 5. The molecule has 0 atom stereocenters. The van der Waals surface area contributed by atoms with E-state index in [1.54, 1.807) is 0 Å². The lowest BCUT2D eigenvalue weighted by molar-refractivity contribution is 0.307. The van der Waals surface area contributed by atoms with Crippen LogP contribution in [0.2, 0.25) is 0 Å². The molecular formula is C23H17N3O2S. The van der Waals surface area contributed by atoms with Gasteiger partial charge in [-0.15, -0.1) is 0 Å². The second-order valence-electron chi connectivity index (χ2n) is 6.38. The molecule has 0 fully saturated rings. The van der Waals surface area contributed by atoms with Crippen molar-refractivity contribution in [3.63, 3.8) is 0 Å². The lowest BCUT2D eigenvalue weighted by atomic mass is 10.1. The van der Waals surface area contributed by atoms with Gasteiger partial charge in [0.15, 0.2) is 5.16 Å². The van der Waals surface area contributed by atoms with E-state index in [0.29, 0.717) is 28.8 Å². The lowest BCUT2D eigenvalue weighted by Crippen LogP contribution is -2.15. The van der Waals surface area contributed by atoms with Gasteiger partial charge in [-0.25, -0.2) is 4.98 Å². The van der Waals surface area contributed by atoms with Crippen LogP contribution in [0.4, 0.5) is 0 Å². The fourth-order valence-electron chi connectivity index (χ4n) is 3.13. The fourth-order valence-corrected chi connectivity index (χ4v) is 3.50. The number of thioether (sulfide) groups is 1. The number of nitrogens with one attached hydrogen (secondary N) is 1. The largest absolute Gasteiger partial charge is 0.488 e. The zero-order chi connectivity index (χ0) is 20.2. The van der Waals surface area contributed by atoms with Crippen molar-refractivity contribution in [2.45, 2.75) is 11.8 Å². The van der Waals surface area contributed by atoms with E-state index in [1.165, 1.54) is 17.1 Å². The van der Waals surface area contributed by atoms with Crippen LogP contribution >= 0.6 is 11.8 Å². The average molecular weight is 399 g/mol. The molecule has 0 saturated carbocycles. The number of nitrogens with zero attached hydrogens (tertiary/aromatic N) is 2. The van der Waals surface area contributed by atoms with Crippen LogP contribution in [0.5, 0.6) is 5.75 Å². The number of benzene rings is 3. The number of rotatable bonds is 5. The smallest absolute Gasteiger partial charge is 0.270 e. The second kappa shape index (κ2) is 8.21. The molecule has 0 aliphatic carbocycles. The second-order valence-corrected chi connectivity index (χ2v) is 7.17. The first-order chi connectivity index (χ1) is 14.2. The van der Waals surface area contributed by atoms with Gasteiger partial charge in [0.2, 0.25) is 0 Å². The number of aromatic amines is 1. The Bertz CT molecular complexity index is 1290.